The van der Waals surface area contributed by atoms with Gasteiger partial charge in [-0.2, -0.15) is 0 Å². The highest BCUT2D eigenvalue weighted by atomic mass is 32.1. The molecule has 0 aliphatic heterocycles. The molecule has 1 heterocycles. The molecule has 1 saturated carbocycles. The smallest absolute Gasteiger partial charge is 0.307 e. The Morgan fingerprint density at radius 2 is 1.92 bits per heavy atom. The molecule has 0 aromatic carbocycles. The second-order valence-electron chi connectivity index (χ2n) is 7.75. The molecule has 0 unspecified atom stereocenters. The van der Waals surface area contributed by atoms with Gasteiger partial charge in [0.1, 0.15) is 5.00 Å². The van der Waals surface area contributed by atoms with E-state index in [-0.39, 0.29) is 17.7 Å². The minimum atomic E-state index is -0.934. The molecule has 2 bridgehead atoms. The molecule has 1 aromatic rings. The lowest BCUT2D eigenvalue weighted by molar-refractivity contribution is -0.146. The predicted molar refractivity (Wildman–Crippen MR) is 98.0 cm³/mol. The number of hydrogen-bond acceptors (Lipinski definition) is 4. The number of anilines is 1. The highest BCUT2D eigenvalue weighted by Gasteiger charge is 2.51. The third-order valence-electron chi connectivity index (χ3n) is 6.04. The molecule has 1 aromatic heterocycles. The van der Waals surface area contributed by atoms with Crippen LogP contribution in [-0.2, 0) is 22.4 Å². The molecule has 5 atom stereocenters. The zero-order chi connectivity index (χ0) is 18.6. The number of fused-ring (bicyclic) bond motifs is 3. The third kappa shape index (κ3) is 2.65. The number of thiophene rings is 1. The van der Waals surface area contributed by atoms with Gasteiger partial charge in [-0.1, -0.05) is 19.1 Å². The summed E-state index contributed by atoms with van der Waals surface area (Å²) in [4.78, 5) is 37.7. The van der Waals surface area contributed by atoms with Crippen LogP contribution in [0.2, 0.25) is 0 Å². The first-order chi connectivity index (χ1) is 12.4. The number of hydrogen-bond donors (Lipinski definition) is 3. The number of aliphatic carboxylic acids is 1. The summed E-state index contributed by atoms with van der Waals surface area (Å²) >= 11 is 1.41. The van der Waals surface area contributed by atoms with Gasteiger partial charge in [-0.25, -0.2) is 0 Å². The summed E-state index contributed by atoms with van der Waals surface area (Å²) in [6.45, 7) is 2.17. The molecule has 3 aliphatic carbocycles. The Kier molecular flexibility index (Phi) is 4.14. The summed E-state index contributed by atoms with van der Waals surface area (Å²) in [6.07, 6.45) is 7.23. The molecule has 4 rings (SSSR count). The topological polar surface area (TPSA) is 109 Å². The average Bonchev–Trinajstić information content (AvgIpc) is 3.25. The third-order valence-corrected chi connectivity index (χ3v) is 7.21. The fourth-order valence-corrected chi connectivity index (χ4v) is 6.23. The van der Waals surface area contributed by atoms with Crippen molar-refractivity contribution in [3.63, 3.8) is 0 Å². The lowest BCUT2D eigenvalue weighted by Gasteiger charge is -2.23. The standard InChI is InChI=1S/C19H22N2O4S/c1-8-2-5-11-12(6-8)26-18(15(11)16(20)22)21-17(23)13-9-3-4-10(7-9)14(13)19(24)25/h3-4,8-10,13-14H,2,5-7H2,1H3,(H2,20,22)(H,21,23)(H,24,25)/t8-,9+,10+,13-,14-/m1/s1. The van der Waals surface area contributed by atoms with Crippen LogP contribution in [0.4, 0.5) is 5.00 Å². The highest BCUT2D eigenvalue weighted by molar-refractivity contribution is 7.17. The minimum Gasteiger partial charge on any atom is -0.481 e. The number of nitrogens with one attached hydrogen (secondary N) is 1. The van der Waals surface area contributed by atoms with Crippen LogP contribution < -0.4 is 11.1 Å². The Morgan fingerprint density at radius 3 is 2.58 bits per heavy atom. The Labute approximate surface area is 155 Å². The van der Waals surface area contributed by atoms with Gasteiger partial charge in [-0.15, -0.1) is 11.3 Å². The quantitative estimate of drug-likeness (QED) is 0.703. The summed E-state index contributed by atoms with van der Waals surface area (Å²) < 4.78 is 0. The Morgan fingerprint density at radius 1 is 1.23 bits per heavy atom. The fraction of sp³-hybridized carbons (Fsp3) is 0.526. The van der Waals surface area contributed by atoms with Crippen LogP contribution in [0, 0.1) is 29.6 Å². The molecule has 26 heavy (non-hydrogen) atoms. The van der Waals surface area contributed by atoms with E-state index in [1.165, 1.54) is 11.3 Å². The molecular weight excluding hydrogens is 352 g/mol. The molecule has 0 spiro atoms. The van der Waals surface area contributed by atoms with E-state index in [0.29, 0.717) is 22.9 Å². The summed E-state index contributed by atoms with van der Waals surface area (Å²) in [5, 5.41) is 12.9. The summed E-state index contributed by atoms with van der Waals surface area (Å²) in [6, 6.07) is 0. The number of primary amides is 1. The molecule has 1 fully saturated rings. The SMILES string of the molecule is C[C@@H]1CCc2c(sc(NC(=O)[C@H]3[C@H](C(=O)O)[C@H]4C=C[C@H]3C4)c2C(N)=O)C1. The number of rotatable bonds is 4. The Bertz CT molecular complexity index is 828. The van der Waals surface area contributed by atoms with Crippen LogP contribution >= 0.6 is 11.3 Å². The lowest BCUT2D eigenvalue weighted by Crippen LogP contribution is -2.36. The van der Waals surface area contributed by atoms with Gasteiger partial charge in [0.15, 0.2) is 0 Å². The van der Waals surface area contributed by atoms with Gasteiger partial charge in [0, 0.05) is 4.88 Å². The molecule has 6 nitrogen and oxygen atoms in total. The van der Waals surface area contributed by atoms with Gasteiger partial charge >= 0.3 is 5.97 Å². The minimum absolute atomic E-state index is 0.0484. The molecule has 138 valence electrons. The van der Waals surface area contributed by atoms with Crippen molar-refractivity contribution in [1.82, 2.24) is 0 Å². The first-order valence-electron chi connectivity index (χ1n) is 9.03. The first kappa shape index (κ1) is 17.3. The average molecular weight is 374 g/mol. The van der Waals surface area contributed by atoms with Gasteiger partial charge in [0.2, 0.25) is 5.91 Å². The fourth-order valence-electron chi connectivity index (χ4n) is 4.81. The van der Waals surface area contributed by atoms with E-state index < -0.39 is 23.7 Å². The van der Waals surface area contributed by atoms with Crippen molar-refractivity contribution in [1.29, 1.82) is 0 Å². The number of carbonyl (C=O) groups excluding carboxylic acids is 2. The van der Waals surface area contributed by atoms with E-state index in [0.717, 1.165) is 29.7 Å². The van der Waals surface area contributed by atoms with Crippen molar-refractivity contribution >= 4 is 34.1 Å². The van der Waals surface area contributed by atoms with Crippen molar-refractivity contribution in [3.05, 3.63) is 28.2 Å². The van der Waals surface area contributed by atoms with Crippen molar-refractivity contribution < 1.29 is 19.5 Å². The van der Waals surface area contributed by atoms with Gasteiger partial charge in [0.25, 0.3) is 5.91 Å². The first-order valence-corrected chi connectivity index (χ1v) is 9.84. The second-order valence-corrected chi connectivity index (χ2v) is 8.85. The molecule has 4 N–H and O–H groups in total. The Balaban J connectivity index is 1.63. The van der Waals surface area contributed by atoms with Crippen molar-refractivity contribution in [2.75, 3.05) is 5.32 Å². The number of nitrogens with two attached hydrogens (primary N) is 1. The maximum absolute atomic E-state index is 12.9. The molecular formula is C19H22N2O4S. The van der Waals surface area contributed by atoms with Gasteiger partial charge < -0.3 is 16.2 Å². The maximum Gasteiger partial charge on any atom is 0.307 e. The van der Waals surface area contributed by atoms with Gasteiger partial charge in [-0.3, -0.25) is 14.4 Å². The van der Waals surface area contributed by atoms with Crippen LogP contribution in [0.25, 0.3) is 0 Å². The van der Waals surface area contributed by atoms with Crippen LogP contribution in [0.1, 0.15) is 40.6 Å². The molecule has 0 radical (unpaired) electrons. The molecule has 7 heteroatoms. The highest BCUT2D eigenvalue weighted by Crippen LogP contribution is 2.49. The van der Waals surface area contributed by atoms with E-state index in [1.54, 1.807) is 0 Å². The van der Waals surface area contributed by atoms with Crippen LogP contribution in [0.5, 0.6) is 0 Å². The van der Waals surface area contributed by atoms with E-state index in [4.69, 9.17) is 5.73 Å². The monoisotopic (exact) mass is 374 g/mol. The zero-order valence-electron chi connectivity index (χ0n) is 14.5. The van der Waals surface area contributed by atoms with Crippen LogP contribution in [0.3, 0.4) is 0 Å². The summed E-state index contributed by atoms with van der Waals surface area (Å²) in [5.74, 6) is -2.67. The number of carboxylic acid groups (broad SMARTS) is 1. The van der Waals surface area contributed by atoms with Crippen LogP contribution in [0.15, 0.2) is 12.2 Å². The Hall–Kier alpha value is -2.15. The second kappa shape index (κ2) is 6.23. The number of carbonyl (C=O) groups is 3. The lowest BCUT2D eigenvalue weighted by atomic mass is 9.82. The summed E-state index contributed by atoms with van der Waals surface area (Å²) in [5.41, 5.74) is 6.96. The van der Waals surface area contributed by atoms with Crippen LogP contribution in [-0.4, -0.2) is 22.9 Å². The largest absolute Gasteiger partial charge is 0.481 e. The number of carboxylic acids is 1. The van der Waals surface area contributed by atoms with Crippen molar-refractivity contribution in [3.8, 4) is 0 Å². The van der Waals surface area contributed by atoms with E-state index in [9.17, 15) is 19.5 Å². The van der Waals surface area contributed by atoms with E-state index >= 15 is 0 Å². The van der Waals surface area contributed by atoms with Crippen molar-refractivity contribution in [2.45, 2.75) is 32.6 Å². The molecule has 3 aliphatic rings. The molecule has 2 amide bonds. The normalized spacial score (nSPS) is 31.7. The summed E-state index contributed by atoms with van der Waals surface area (Å²) in [7, 11) is 0. The van der Waals surface area contributed by atoms with Gasteiger partial charge in [-0.05, 0) is 49.0 Å². The molecule has 0 saturated heterocycles. The van der Waals surface area contributed by atoms with Crippen molar-refractivity contribution in [2.24, 2.45) is 35.3 Å². The zero-order valence-corrected chi connectivity index (χ0v) is 15.3. The number of allylic oxidation sites excluding steroid dienone is 2. The van der Waals surface area contributed by atoms with E-state index in [1.807, 2.05) is 12.2 Å². The number of amides is 2. The maximum atomic E-state index is 12.9. The van der Waals surface area contributed by atoms with Gasteiger partial charge in [0.05, 0.1) is 17.4 Å². The van der Waals surface area contributed by atoms with E-state index in [2.05, 4.69) is 12.2 Å². The predicted octanol–water partition coefficient (Wildman–Crippen LogP) is 2.43.